The van der Waals surface area contributed by atoms with Crippen LogP contribution in [0.15, 0.2) is 48.5 Å². The van der Waals surface area contributed by atoms with E-state index in [2.05, 4.69) is 13.8 Å². The smallest absolute Gasteiger partial charge is 0.254 e. The van der Waals surface area contributed by atoms with Crippen LogP contribution in [0, 0.1) is 0 Å². The lowest BCUT2D eigenvalue weighted by atomic mass is 10.0. The molecule has 28 heavy (non-hydrogen) atoms. The standard InChI is InChI=1S/C23H24N2O3/c1-3-11-25(12-4-2)23(26)18-14-20(24-19-8-6-5-7-17(18)19)16-9-10-21-22(13-16)28-15-27-21/h5-10,13-14H,3-4,11-12,15H2,1-2H3. The van der Waals surface area contributed by atoms with Gasteiger partial charge in [0.05, 0.1) is 16.8 Å². The van der Waals surface area contributed by atoms with E-state index in [0.717, 1.165) is 53.8 Å². The fraction of sp³-hybridized carbons (Fsp3) is 0.304. The van der Waals surface area contributed by atoms with Crippen molar-refractivity contribution in [1.29, 1.82) is 0 Å². The van der Waals surface area contributed by atoms with Gasteiger partial charge >= 0.3 is 0 Å². The van der Waals surface area contributed by atoms with Gasteiger partial charge in [-0.15, -0.1) is 0 Å². The number of amides is 1. The van der Waals surface area contributed by atoms with Crippen LogP contribution in [-0.4, -0.2) is 35.7 Å². The van der Waals surface area contributed by atoms with Gasteiger partial charge in [0.25, 0.3) is 5.91 Å². The average molecular weight is 376 g/mol. The van der Waals surface area contributed by atoms with Crippen molar-refractivity contribution >= 4 is 16.8 Å². The summed E-state index contributed by atoms with van der Waals surface area (Å²) in [5.41, 5.74) is 3.17. The Labute approximate surface area is 164 Å². The Morgan fingerprint density at radius 3 is 2.54 bits per heavy atom. The molecule has 0 N–H and O–H groups in total. The Kier molecular flexibility index (Phi) is 5.15. The number of hydrogen-bond acceptors (Lipinski definition) is 4. The summed E-state index contributed by atoms with van der Waals surface area (Å²) in [6.07, 6.45) is 1.87. The molecule has 1 aliphatic rings. The Morgan fingerprint density at radius 2 is 1.75 bits per heavy atom. The van der Waals surface area contributed by atoms with Gasteiger partial charge < -0.3 is 14.4 Å². The van der Waals surface area contributed by atoms with Crippen molar-refractivity contribution < 1.29 is 14.3 Å². The van der Waals surface area contributed by atoms with Crippen LogP contribution in [0.3, 0.4) is 0 Å². The number of aromatic nitrogens is 1. The number of rotatable bonds is 6. The number of para-hydroxylation sites is 1. The van der Waals surface area contributed by atoms with E-state index >= 15 is 0 Å². The molecule has 2 aromatic carbocycles. The van der Waals surface area contributed by atoms with Crippen molar-refractivity contribution in [2.45, 2.75) is 26.7 Å². The first-order chi connectivity index (χ1) is 13.7. The van der Waals surface area contributed by atoms with Crippen LogP contribution in [-0.2, 0) is 0 Å². The molecule has 144 valence electrons. The number of nitrogens with zero attached hydrogens (tertiary/aromatic N) is 2. The molecule has 1 aromatic heterocycles. The molecule has 2 heterocycles. The number of carbonyl (C=O) groups is 1. The third-order valence-electron chi connectivity index (χ3n) is 4.89. The van der Waals surface area contributed by atoms with Crippen LogP contribution >= 0.6 is 0 Å². The van der Waals surface area contributed by atoms with Crippen molar-refractivity contribution in [2.75, 3.05) is 19.9 Å². The Morgan fingerprint density at radius 1 is 1.00 bits per heavy atom. The van der Waals surface area contributed by atoms with Gasteiger partial charge in [-0.3, -0.25) is 4.79 Å². The van der Waals surface area contributed by atoms with Crippen molar-refractivity contribution in [1.82, 2.24) is 9.88 Å². The van der Waals surface area contributed by atoms with Crippen LogP contribution in [0.25, 0.3) is 22.2 Å². The molecule has 4 rings (SSSR count). The van der Waals surface area contributed by atoms with Gasteiger partial charge in [0.15, 0.2) is 11.5 Å². The number of fused-ring (bicyclic) bond motifs is 2. The summed E-state index contributed by atoms with van der Waals surface area (Å²) in [5.74, 6) is 1.50. The summed E-state index contributed by atoms with van der Waals surface area (Å²) >= 11 is 0. The van der Waals surface area contributed by atoms with E-state index in [9.17, 15) is 4.79 Å². The second kappa shape index (κ2) is 7.89. The lowest BCUT2D eigenvalue weighted by molar-refractivity contribution is 0.0757. The van der Waals surface area contributed by atoms with Crippen molar-refractivity contribution in [3.05, 3.63) is 54.1 Å². The summed E-state index contributed by atoms with van der Waals surface area (Å²) in [6.45, 7) is 5.93. The zero-order chi connectivity index (χ0) is 19.5. The highest BCUT2D eigenvalue weighted by atomic mass is 16.7. The molecule has 5 heteroatoms. The van der Waals surface area contributed by atoms with Crippen LogP contribution in [0.4, 0.5) is 0 Å². The van der Waals surface area contributed by atoms with Gasteiger partial charge in [0, 0.05) is 24.0 Å². The number of ether oxygens (including phenoxy) is 2. The van der Waals surface area contributed by atoms with E-state index in [4.69, 9.17) is 14.5 Å². The second-order valence-corrected chi connectivity index (χ2v) is 6.93. The molecule has 0 spiro atoms. The highest BCUT2D eigenvalue weighted by molar-refractivity contribution is 6.07. The molecule has 5 nitrogen and oxygen atoms in total. The molecular formula is C23H24N2O3. The molecule has 0 atom stereocenters. The third-order valence-corrected chi connectivity index (χ3v) is 4.89. The molecule has 0 bridgehead atoms. The molecule has 0 saturated carbocycles. The molecule has 0 saturated heterocycles. The van der Waals surface area contributed by atoms with Crippen LogP contribution in [0.2, 0.25) is 0 Å². The molecular weight excluding hydrogens is 352 g/mol. The van der Waals surface area contributed by atoms with Crippen molar-refractivity contribution in [2.24, 2.45) is 0 Å². The maximum atomic E-state index is 13.4. The highest BCUT2D eigenvalue weighted by Gasteiger charge is 2.20. The fourth-order valence-corrected chi connectivity index (χ4v) is 3.58. The second-order valence-electron chi connectivity index (χ2n) is 6.93. The summed E-state index contributed by atoms with van der Waals surface area (Å²) in [6, 6.07) is 15.5. The largest absolute Gasteiger partial charge is 0.454 e. The van der Waals surface area contributed by atoms with Gasteiger partial charge in [-0.05, 0) is 43.2 Å². The quantitative estimate of drug-likeness (QED) is 0.614. The normalized spacial score (nSPS) is 12.4. The van der Waals surface area contributed by atoms with Gasteiger partial charge in [-0.2, -0.15) is 0 Å². The maximum Gasteiger partial charge on any atom is 0.254 e. The summed E-state index contributed by atoms with van der Waals surface area (Å²) in [7, 11) is 0. The van der Waals surface area contributed by atoms with Gasteiger partial charge in [0.1, 0.15) is 0 Å². The third kappa shape index (κ3) is 3.40. The van der Waals surface area contributed by atoms with Crippen LogP contribution < -0.4 is 9.47 Å². The van der Waals surface area contributed by atoms with E-state index in [1.165, 1.54) is 0 Å². The van der Waals surface area contributed by atoms with E-state index in [1.54, 1.807) is 0 Å². The van der Waals surface area contributed by atoms with Crippen LogP contribution in [0.1, 0.15) is 37.0 Å². The monoisotopic (exact) mass is 376 g/mol. The molecule has 0 fully saturated rings. The Bertz CT molecular complexity index is 1010. The minimum Gasteiger partial charge on any atom is -0.454 e. The SMILES string of the molecule is CCCN(CCC)C(=O)c1cc(-c2ccc3c(c2)OCO3)nc2ccccc12. The van der Waals surface area contributed by atoms with E-state index in [1.807, 2.05) is 53.4 Å². The van der Waals surface area contributed by atoms with Gasteiger partial charge in [0.2, 0.25) is 6.79 Å². The number of carbonyl (C=O) groups excluding carboxylic acids is 1. The number of pyridine rings is 1. The van der Waals surface area contributed by atoms with Gasteiger partial charge in [-0.1, -0.05) is 32.0 Å². The summed E-state index contributed by atoms with van der Waals surface area (Å²) < 4.78 is 10.9. The topological polar surface area (TPSA) is 51.7 Å². The molecule has 0 radical (unpaired) electrons. The average Bonchev–Trinajstić information content (AvgIpc) is 3.20. The Hall–Kier alpha value is -3.08. The highest BCUT2D eigenvalue weighted by Crippen LogP contribution is 2.36. The first kappa shape index (κ1) is 18.3. The fourth-order valence-electron chi connectivity index (χ4n) is 3.58. The Balaban J connectivity index is 1.82. The zero-order valence-electron chi connectivity index (χ0n) is 16.3. The van der Waals surface area contributed by atoms with E-state index in [0.29, 0.717) is 11.3 Å². The number of benzene rings is 2. The predicted octanol–water partition coefficient (Wildman–Crippen LogP) is 4.89. The number of hydrogen-bond donors (Lipinski definition) is 0. The molecule has 3 aromatic rings. The van der Waals surface area contributed by atoms with Crippen molar-refractivity contribution in [3.63, 3.8) is 0 Å². The minimum absolute atomic E-state index is 0.0595. The molecule has 1 amide bonds. The van der Waals surface area contributed by atoms with E-state index in [-0.39, 0.29) is 12.7 Å². The summed E-state index contributed by atoms with van der Waals surface area (Å²) in [5, 5.41) is 0.884. The van der Waals surface area contributed by atoms with Crippen LogP contribution in [0.5, 0.6) is 11.5 Å². The summed E-state index contributed by atoms with van der Waals surface area (Å²) in [4.78, 5) is 20.1. The molecule has 0 aliphatic carbocycles. The van der Waals surface area contributed by atoms with Gasteiger partial charge in [-0.25, -0.2) is 4.98 Å². The molecule has 1 aliphatic heterocycles. The predicted molar refractivity (Wildman–Crippen MR) is 110 cm³/mol. The lowest BCUT2D eigenvalue weighted by Gasteiger charge is -2.22. The molecule has 0 unspecified atom stereocenters. The maximum absolute atomic E-state index is 13.4. The minimum atomic E-state index is 0.0595. The van der Waals surface area contributed by atoms with Crippen molar-refractivity contribution in [3.8, 4) is 22.8 Å². The first-order valence-electron chi connectivity index (χ1n) is 9.80. The lowest BCUT2D eigenvalue weighted by Crippen LogP contribution is -2.32. The zero-order valence-corrected chi connectivity index (χ0v) is 16.3. The first-order valence-corrected chi connectivity index (χ1v) is 9.80. The van der Waals surface area contributed by atoms with E-state index < -0.39 is 0 Å².